The van der Waals surface area contributed by atoms with Crippen LogP contribution in [0.3, 0.4) is 0 Å². The van der Waals surface area contributed by atoms with Gasteiger partial charge in [-0.15, -0.1) is 0 Å². The molecule has 0 aromatic rings. The minimum absolute atomic E-state index is 0.742. The first-order chi connectivity index (χ1) is 12.3. The molecule has 1 aliphatic heterocycles. The molecular formula is C15H23NO11. The molecule has 0 aliphatic carbocycles. The summed E-state index contributed by atoms with van der Waals surface area (Å²) in [6.45, 7) is 1.46. The number of carbonyl (C=O) groups excluding carboxylic acids is 3. The molecule has 7 N–H and O–H groups in total. The van der Waals surface area contributed by atoms with E-state index in [-0.39, 0.29) is 0 Å². The van der Waals surface area contributed by atoms with Gasteiger partial charge in [0.2, 0.25) is 5.91 Å². The quantitative estimate of drug-likeness (QED) is 0.207. The van der Waals surface area contributed by atoms with Crippen molar-refractivity contribution in [2.75, 3.05) is 6.61 Å². The number of aliphatic hydroxyl groups excluding tert-OH is 4. The zero-order chi connectivity index (χ0) is 21.3. The molecule has 0 saturated carbocycles. The van der Waals surface area contributed by atoms with E-state index in [1.165, 1.54) is 0 Å². The summed E-state index contributed by atoms with van der Waals surface area (Å²) in [6.07, 6.45) is -8.38. The third kappa shape index (κ3) is 3.47. The van der Waals surface area contributed by atoms with Crippen molar-refractivity contribution in [1.29, 1.82) is 0 Å². The topological polar surface area (TPSA) is 211 Å². The van der Waals surface area contributed by atoms with E-state index in [0.29, 0.717) is 0 Å². The molecule has 6 atom stereocenters. The molecule has 0 spiro atoms. The third-order valence-electron chi connectivity index (χ3n) is 4.67. The van der Waals surface area contributed by atoms with Gasteiger partial charge in [-0.05, 0) is 13.8 Å². The number of amides is 1. The molecule has 12 heteroatoms. The zero-order valence-electron chi connectivity index (χ0n) is 14.8. The lowest BCUT2D eigenvalue weighted by atomic mass is 9.63. The van der Waals surface area contributed by atoms with Gasteiger partial charge < -0.3 is 40.7 Å². The first-order valence-electron chi connectivity index (χ1n) is 7.86. The summed E-state index contributed by atoms with van der Waals surface area (Å²) < 4.78 is 4.96. The predicted octanol–water partition coefficient (Wildman–Crippen LogP) is -4.10. The van der Waals surface area contributed by atoms with Crippen LogP contribution in [0.5, 0.6) is 0 Å². The number of hydrogen-bond acceptors (Lipinski definition) is 10. The van der Waals surface area contributed by atoms with Gasteiger partial charge in [0.1, 0.15) is 24.4 Å². The molecule has 1 heterocycles. The van der Waals surface area contributed by atoms with Crippen molar-refractivity contribution in [3.05, 3.63) is 0 Å². The van der Waals surface area contributed by atoms with Crippen LogP contribution in [0.4, 0.5) is 0 Å². The summed E-state index contributed by atoms with van der Waals surface area (Å²) in [5, 5.41) is 61.6. The maximum absolute atomic E-state index is 12.2. The van der Waals surface area contributed by atoms with Crippen LogP contribution in [0.1, 0.15) is 20.8 Å². The molecule has 154 valence electrons. The number of carboxylic acids is 1. The number of rotatable bonds is 7. The highest BCUT2D eigenvalue weighted by Gasteiger charge is 2.74. The Hall–Kier alpha value is -1.96. The number of ether oxygens (including phenoxy) is 1. The maximum atomic E-state index is 12.2. The molecule has 1 amide bonds. The van der Waals surface area contributed by atoms with Crippen LogP contribution in [-0.2, 0) is 23.9 Å². The van der Waals surface area contributed by atoms with Crippen molar-refractivity contribution in [1.82, 2.24) is 5.32 Å². The zero-order valence-corrected chi connectivity index (χ0v) is 14.8. The fourth-order valence-corrected chi connectivity index (χ4v) is 3.38. The number of aliphatic hydroxyl groups is 5. The fourth-order valence-electron chi connectivity index (χ4n) is 3.38. The van der Waals surface area contributed by atoms with Gasteiger partial charge in [0.15, 0.2) is 17.0 Å². The highest BCUT2D eigenvalue weighted by Crippen LogP contribution is 2.46. The molecule has 1 rings (SSSR count). The smallest absolute Gasteiger partial charge is 0.365 e. The minimum atomic E-state index is -3.63. The number of aliphatic carboxylic acids is 1. The van der Waals surface area contributed by atoms with Crippen molar-refractivity contribution in [3.8, 4) is 0 Å². The van der Waals surface area contributed by atoms with Crippen LogP contribution in [0, 0.1) is 5.41 Å². The van der Waals surface area contributed by atoms with Crippen LogP contribution >= 0.6 is 0 Å². The van der Waals surface area contributed by atoms with E-state index >= 15 is 0 Å². The fraction of sp³-hybridized carbons (Fsp3) is 0.733. The number of Topliss-reactive ketones (excluding diaryl/α,β-unsaturated/α-hetero) is 2. The van der Waals surface area contributed by atoms with Crippen molar-refractivity contribution < 1.29 is 54.6 Å². The van der Waals surface area contributed by atoms with E-state index in [0.717, 1.165) is 20.8 Å². The van der Waals surface area contributed by atoms with Gasteiger partial charge in [0, 0.05) is 6.92 Å². The Morgan fingerprint density at radius 3 is 1.93 bits per heavy atom. The summed E-state index contributed by atoms with van der Waals surface area (Å²) in [5.41, 5.74) is -3.04. The highest BCUT2D eigenvalue weighted by molar-refractivity contribution is 6.11. The van der Waals surface area contributed by atoms with Crippen LogP contribution in [-0.4, -0.2) is 96.9 Å². The van der Waals surface area contributed by atoms with E-state index in [1.54, 1.807) is 0 Å². The largest absolute Gasteiger partial charge is 0.477 e. The Balaban J connectivity index is 3.72. The number of carboxylic acid groups (broad SMARTS) is 1. The van der Waals surface area contributed by atoms with Gasteiger partial charge in [-0.1, -0.05) is 0 Å². The first-order valence-corrected chi connectivity index (χ1v) is 7.86. The Morgan fingerprint density at radius 2 is 1.59 bits per heavy atom. The Labute approximate surface area is 153 Å². The molecule has 1 saturated heterocycles. The lowest BCUT2D eigenvalue weighted by Crippen LogP contribution is -2.79. The predicted molar refractivity (Wildman–Crippen MR) is 84.0 cm³/mol. The molecule has 1 aliphatic rings. The van der Waals surface area contributed by atoms with Crippen LogP contribution in [0.15, 0.2) is 0 Å². The van der Waals surface area contributed by atoms with Crippen LogP contribution < -0.4 is 5.32 Å². The highest BCUT2D eigenvalue weighted by atomic mass is 16.7. The second kappa shape index (κ2) is 7.96. The number of nitrogens with one attached hydrogen (secondary N) is 1. The minimum Gasteiger partial charge on any atom is -0.477 e. The first kappa shape index (κ1) is 23.1. The molecule has 0 radical (unpaired) electrons. The summed E-state index contributed by atoms with van der Waals surface area (Å²) in [5.74, 6) is -9.19. The lowest BCUT2D eigenvalue weighted by Gasteiger charge is -2.53. The number of ketones is 2. The Kier molecular flexibility index (Phi) is 6.80. The average molecular weight is 393 g/mol. The Bertz CT molecular complexity index is 621. The van der Waals surface area contributed by atoms with Crippen LogP contribution in [0.25, 0.3) is 0 Å². The molecule has 0 bridgehead atoms. The molecule has 1 unspecified atom stereocenters. The molecule has 0 aromatic carbocycles. The normalized spacial score (nSPS) is 32.2. The second-order valence-corrected chi connectivity index (χ2v) is 6.36. The van der Waals surface area contributed by atoms with E-state index in [9.17, 15) is 44.7 Å². The number of hydrogen-bond donors (Lipinski definition) is 7. The molecular weight excluding hydrogens is 370 g/mol. The third-order valence-corrected chi connectivity index (χ3v) is 4.67. The summed E-state index contributed by atoms with van der Waals surface area (Å²) in [4.78, 5) is 47.7. The lowest BCUT2D eigenvalue weighted by molar-refractivity contribution is -0.333. The van der Waals surface area contributed by atoms with E-state index in [2.05, 4.69) is 5.32 Å². The van der Waals surface area contributed by atoms with Crippen molar-refractivity contribution in [2.45, 2.75) is 57.0 Å². The molecule has 0 aromatic heterocycles. The summed E-state index contributed by atoms with van der Waals surface area (Å²) in [7, 11) is 0. The molecule has 27 heavy (non-hydrogen) atoms. The van der Waals surface area contributed by atoms with E-state index in [1.807, 2.05) is 0 Å². The van der Waals surface area contributed by atoms with Crippen LogP contribution in [0.2, 0.25) is 0 Å². The monoisotopic (exact) mass is 393 g/mol. The summed E-state index contributed by atoms with van der Waals surface area (Å²) >= 11 is 0. The van der Waals surface area contributed by atoms with Gasteiger partial charge in [0.05, 0.1) is 12.6 Å². The average Bonchev–Trinajstić information content (AvgIpc) is 2.55. The standard InChI is InChI=1S/C15H23NO11/c1-5(18)14(6(2)19)12(23)9(16-7(3)20)11(10(22)8(21)4-17)27-15(14,26)13(24)25/h8-12,17,21-23,26H,4H2,1-3H3,(H,16,20)(H,24,25)/t8-,9+,10?,11-,12-,15+/m1/s1. The van der Waals surface area contributed by atoms with Gasteiger partial charge >= 0.3 is 5.97 Å². The van der Waals surface area contributed by atoms with Gasteiger partial charge in [-0.3, -0.25) is 14.4 Å². The van der Waals surface area contributed by atoms with Crippen molar-refractivity contribution in [3.63, 3.8) is 0 Å². The van der Waals surface area contributed by atoms with E-state index in [4.69, 9.17) is 9.84 Å². The SMILES string of the molecule is CC(=O)N[C@@H]1[C@@H](O)C(C(C)=O)(C(C)=O)[C@](O)(C(=O)O)O[C@H]1C(O)[C@H](O)CO. The second-order valence-electron chi connectivity index (χ2n) is 6.36. The van der Waals surface area contributed by atoms with Crippen molar-refractivity contribution in [2.24, 2.45) is 5.41 Å². The van der Waals surface area contributed by atoms with E-state index < -0.39 is 71.7 Å². The number of carbonyl (C=O) groups is 4. The maximum Gasteiger partial charge on any atom is 0.365 e. The van der Waals surface area contributed by atoms with Gasteiger partial charge in [0.25, 0.3) is 5.79 Å². The molecule has 12 nitrogen and oxygen atoms in total. The summed E-state index contributed by atoms with van der Waals surface area (Å²) in [6, 6.07) is -1.79. The van der Waals surface area contributed by atoms with Gasteiger partial charge in [-0.25, -0.2) is 4.79 Å². The Morgan fingerprint density at radius 1 is 1.11 bits per heavy atom. The molecule has 1 fully saturated rings. The van der Waals surface area contributed by atoms with Crippen molar-refractivity contribution >= 4 is 23.4 Å². The van der Waals surface area contributed by atoms with Gasteiger partial charge in [-0.2, -0.15) is 0 Å².